The number of halogens is 2. The quantitative estimate of drug-likeness (QED) is 0.777. The first kappa shape index (κ1) is 10.1. The number of hydrogen-bond acceptors (Lipinski definition) is 1. The lowest BCUT2D eigenvalue weighted by Gasteiger charge is -2.04. The van der Waals surface area contributed by atoms with Gasteiger partial charge in [-0.3, -0.25) is 0 Å². The normalized spacial score (nSPS) is 10.3. The summed E-state index contributed by atoms with van der Waals surface area (Å²) in [7, 11) is 1.68. The van der Waals surface area contributed by atoms with Crippen LogP contribution in [0.1, 0.15) is 5.56 Å². The minimum absolute atomic E-state index is 0.331. The van der Waals surface area contributed by atoms with E-state index in [1.807, 2.05) is 18.2 Å². The molecule has 0 aliphatic carbocycles. The Hall–Kier alpha value is -0.0200. The third-order valence-corrected chi connectivity index (χ3v) is 2.17. The molecule has 0 bridgehead atoms. The molecule has 0 fully saturated rings. The predicted molar refractivity (Wildman–Crippen MR) is 58.3 cm³/mol. The Kier molecular flexibility index (Phi) is 4.09. The van der Waals surface area contributed by atoms with Crippen molar-refractivity contribution in [3.63, 3.8) is 0 Å². The van der Waals surface area contributed by atoms with E-state index in [-0.39, 0.29) is 0 Å². The summed E-state index contributed by atoms with van der Waals surface area (Å²) in [6.45, 7) is 0. The molecule has 0 saturated heterocycles. The van der Waals surface area contributed by atoms with E-state index in [9.17, 15) is 0 Å². The van der Waals surface area contributed by atoms with E-state index in [1.165, 1.54) is 5.56 Å². The molecular formula is C9H10Br2O. The van der Waals surface area contributed by atoms with Gasteiger partial charge in [0.05, 0.1) is 10.8 Å². The molecule has 0 heterocycles. The maximum Gasteiger partial charge on any atom is 0.119 e. The molecule has 1 nitrogen and oxygen atoms in total. The molecule has 12 heavy (non-hydrogen) atoms. The van der Waals surface area contributed by atoms with Crippen molar-refractivity contribution in [1.29, 1.82) is 0 Å². The van der Waals surface area contributed by atoms with Crippen molar-refractivity contribution in [2.45, 2.75) is 10.2 Å². The summed E-state index contributed by atoms with van der Waals surface area (Å²) in [5, 5.41) is 0. The minimum Gasteiger partial charge on any atom is -0.497 e. The van der Waals surface area contributed by atoms with Crippen LogP contribution in [-0.2, 0) is 6.42 Å². The topological polar surface area (TPSA) is 9.23 Å². The molecule has 0 unspecified atom stereocenters. The Balaban J connectivity index is 2.72. The first-order chi connectivity index (χ1) is 5.72. The SMILES string of the molecule is COc1cccc(CC(Br)Br)c1. The molecule has 0 amide bonds. The Morgan fingerprint density at radius 2 is 2.17 bits per heavy atom. The van der Waals surface area contributed by atoms with E-state index in [1.54, 1.807) is 7.11 Å². The fourth-order valence-corrected chi connectivity index (χ4v) is 1.73. The van der Waals surface area contributed by atoms with Crippen LogP contribution in [0, 0.1) is 0 Å². The van der Waals surface area contributed by atoms with E-state index in [0.717, 1.165) is 12.2 Å². The van der Waals surface area contributed by atoms with Gasteiger partial charge >= 0.3 is 0 Å². The van der Waals surface area contributed by atoms with Gasteiger partial charge in [-0.15, -0.1) is 0 Å². The van der Waals surface area contributed by atoms with Gasteiger partial charge < -0.3 is 4.74 Å². The summed E-state index contributed by atoms with van der Waals surface area (Å²) < 4.78 is 5.44. The van der Waals surface area contributed by atoms with Crippen LogP contribution < -0.4 is 4.74 Å². The molecule has 1 aromatic carbocycles. The molecule has 0 atom stereocenters. The summed E-state index contributed by atoms with van der Waals surface area (Å²) in [4.78, 5) is 0. The number of hydrogen-bond donors (Lipinski definition) is 0. The zero-order valence-corrected chi connectivity index (χ0v) is 9.93. The molecule has 0 spiro atoms. The average molecular weight is 294 g/mol. The zero-order chi connectivity index (χ0) is 8.97. The van der Waals surface area contributed by atoms with Crippen LogP contribution in [0.25, 0.3) is 0 Å². The number of methoxy groups -OCH3 is 1. The van der Waals surface area contributed by atoms with Gasteiger partial charge in [0, 0.05) is 0 Å². The highest BCUT2D eigenvalue weighted by Crippen LogP contribution is 2.19. The predicted octanol–water partition coefficient (Wildman–Crippen LogP) is 3.35. The standard InChI is InChI=1S/C9H10Br2O/c1-12-8-4-2-3-7(5-8)6-9(10)11/h2-5,9H,6H2,1H3. The van der Waals surface area contributed by atoms with Gasteiger partial charge in [-0.2, -0.15) is 0 Å². The number of rotatable bonds is 3. The van der Waals surface area contributed by atoms with Crippen LogP contribution in [0.15, 0.2) is 24.3 Å². The highest BCUT2D eigenvalue weighted by Gasteiger charge is 2.00. The molecule has 0 saturated carbocycles. The molecule has 0 aromatic heterocycles. The molecule has 66 valence electrons. The Bertz CT molecular complexity index is 248. The zero-order valence-electron chi connectivity index (χ0n) is 6.76. The Morgan fingerprint density at radius 3 is 2.75 bits per heavy atom. The molecule has 0 radical (unpaired) electrons. The van der Waals surface area contributed by atoms with Crippen LogP contribution in [0.5, 0.6) is 5.75 Å². The first-order valence-electron chi connectivity index (χ1n) is 3.63. The summed E-state index contributed by atoms with van der Waals surface area (Å²) in [5.41, 5.74) is 1.26. The van der Waals surface area contributed by atoms with Crippen molar-refractivity contribution in [3.8, 4) is 5.75 Å². The molecule has 0 aliphatic heterocycles. The van der Waals surface area contributed by atoms with Crippen LogP contribution in [0.4, 0.5) is 0 Å². The lowest BCUT2D eigenvalue weighted by Crippen LogP contribution is -1.93. The fourth-order valence-electron chi connectivity index (χ4n) is 0.978. The van der Waals surface area contributed by atoms with Crippen LogP contribution >= 0.6 is 31.9 Å². The number of benzene rings is 1. The second kappa shape index (κ2) is 4.87. The molecule has 0 N–H and O–H groups in total. The van der Waals surface area contributed by atoms with E-state index < -0.39 is 0 Å². The molecule has 1 aromatic rings. The largest absolute Gasteiger partial charge is 0.497 e. The van der Waals surface area contributed by atoms with Gasteiger partial charge in [0.25, 0.3) is 0 Å². The minimum atomic E-state index is 0.331. The van der Waals surface area contributed by atoms with Gasteiger partial charge in [0.15, 0.2) is 0 Å². The highest BCUT2D eigenvalue weighted by molar-refractivity contribution is 9.24. The summed E-state index contributed by atoms with van der Waals surface area (Å²) in [5.74, 6) is 0.910. The van der Waals surface area contributed by atoms with Crippen molar-refractivity contribution in [3.05, 3.63) is 29.8 Å². The van der Waals surface area contributed by atoms with Gasteiger partial charge in [0.2, 0.25) is 0 Å². The van der Waals surface area contributed by atoms with E-state index in [4.69, 9.17) is 4.74 Å². The van der Waals surface area contributed by atoms with Gasteiger partial charge in [-0.05, 0) is 24.1 Å². The van der Waals surface area contributed by atoms with Crippen LogP contribution in [0.2, 0.25) is 0 Å². The van der Waals surface area contributed by atoms with Crippen molar-refractivity contribution >= 4 is 31.9 Å². The smallest absolute Gasteiger partial charge is 0.119 e. The van der Waals surface area contributed by atoms with Gasteiger partial charge in [-0.1, -0.05) is 44.0 Å². The first-order valence-corrected chi connectivity index (χ1v) is 5.46. The van der Waals surface area contributed by atoms with Crippen molar-refractivity contribution in [2.24, 2.45) is 0 Å². The Morgan fingerprint density at radius 1 is 1.42 bits per heavy atom. The van der Waals surface area contributed by atoms with Crippen molar-refractivity contribution in [1.82, 2.24) is 0 Å². The second-order valence-corrected chi connectivity index (χ2v) is 5.89. The van der Waals surface area contributed by atoms with Crippen molar-refractivity contribution < 1.29 is 4.74 Å². The van der Waals surface area contributed by atoms with E-state index in [0.29, 0.717) is 3.74 Å². The van der Waals surface area contributed by atoms with Crippen LogP contribution in [-0.4, -0.2) is 10.8 Å². The van der Waals surface area contributed by atoms with Crippen molar-refractivity contribution in [2.75, 3.05) is 7.11 Å². The van der Waals surface area contributed by atoms with Crippen LogP contribution in [0.3, 0.4) is 0 Å². The molecular weight excluding hydrogens is 284 g/mol. The number of ether oxygens (including phenoxy) is 1. The van der Waals surface area contributed by atoms with Gasteiger partial charge in [-0.25, -0.2) is 0 Å². The Labute approximate surface area is 89.4 Å². The third kappa shape index (κ3) is 3.15. The highest BCUT2D eigenvalue weighted by atomic mass is 79.9. The number of alkyl halides is 2. The summed E-state index contributed by atoms with van der Waals surface area (Å²) in [6, 6.07) is 8.06. The van der Waals surface area contributed by atoms with E-state index in [2.05, 4.69) is 37.9 Å². The lowest BCUT2D eigenvalue weighted by molar-refractivity contribution is 0.414. The maximum atomic E-state index is 5.11. The molecule has 1 rings (SSSR count). The van der Waals surface area contributed by atoms with Gasteiger partial charge in [0.1, 0.15) is 5.75 Å². The third-order valence-electron chi connectivity index (χ3n) is 1.52. The fraction of sp³-hybridized carbons (Fsp3) is 0.333. The monoisotopic (exact) mass is 292 g/mol. The summed E-state index contributed by atoms with van der Waals surface area (Å²) >= 11 is 6.87. The van der Waals surface area contributed by atoms with E-state index >= 15 is 0 Å². The summed E-state index contributed by atoms with van der Waals surface area (Å²) in [6.07, 6.45) is 0.956. The maximum absolute atomic E-state index is 5.11. The molecule has 0 aliphatic rings. The second-order valence-electron chi connectivity index (χ2n) is 2.45. The lowest BCUT2D eigenvalue weighted by atomic mass is 10.2. The molecule has 3 heteroatoms. The average Bonchev–Trinajstić information content (AvgIpc) is 2.03.